The molecule has 2 fully saturated rings. The zero-order valence-electron chi connectivity index (χ0n) is 18.6. The summed E-state index contributed by atoms with van der Waals surface area (Å²) in [6.45, 7) is 10.8. The Hall–Kier alpha value is -1.93. The van der Waals surface area contributed by atoms with Crippen LogP contribution in [-0.4, -0.2) is 60.9 Å². The fraction of sp³-hybridized carbons (Fsp3) is 0.636. The molecule has 2 atom stereocenters. The van der Waals surface area contributed by atoms with Gasteiger partial charge in [0, 0.05) is 6.04 Å². The lowest BCUT2D eigenvalue weighted by molar-refractivity contribution is -0.132. The molecule has 3 rings (SSSR count). The van der Waals surface area contributed by atoms with Gasteiger partial charge in [0.15, 0.2) is 9.84 Å². The number of sulfone groups is 1. The molecule has 0 saturated carbocycles. The molecule has 0 bridgehead atoms. The number of amides is 3. The van der Waals surface area contributed by atoms with Gasteiger partial charge in [0.1, 0.15) is 5.54 Å². The topological polar surface area (TPSA) is 86.8 Å². The molecule has 166 valence electrons. The SMILES string of the molecule is CCCN(CN1C(=O)NC(C)(c2ccc(C(C)(C)C)cc2)C1=O)C1CCS(=O)(=O)C1. The Kier molecular flexibility index (Phi) is 6.04. The zero-order valence-corrected chi connectivity index (χ0v) is 19.4. The highest BCUT2D eigenvalue weighted by atomic mass is 32.2. The van der Waals surface area contributed by atoms with E-state index < -0.39 is 21.4 Å². The molecular formula is C22H33N3O4S. The summed E-state index contributed by atoms with van der Waals surface area (Å²) in [4.78, 5) is 29.2. The lowest BCUT2D eigenvalue weighted by atomic mass is 9.84. The summed E-state index contributed by atoms with van der Waals surface area (Å²) in [7, 11) is -3.05. The van der Waals surface area contributed by atoms with Crippen molar-refractivity contribution in [2.75, 3.05) is 24.7 Å². The first-order valence-corrected chi connectivity index (χ1v) is 12.4. The van der Waals surface area contributed by atoms with E-state index in [4.69, 9.17) is 0 Å². The first-order chi connectivity index (χ1) is 13.9. The minimum absolute atomic E-state index is 0.00330. The van der Waals surface area contributed by atoms with Gasteiger partial charge in [0.2, 0.25) is 0 Å². The van der Waals surface area contributed by atoms with E-state index >= 15 is 0 Å². The van der Waals surface area contributed by atoms with Crippen LogP contribution in [0.25, 0.3) is 0 Å². The number of benzene rings is 1. The first-order valence-electron chi connectivity index (χ1n) is 10.6. The molecule has 0 radical (unpaired) electrons. The highest BCUT2D eigenvalue weighted by Crippen LogP contribution is 2.31. The average Bonchev–Trinajstić information content (AvgIpc) is 3.12. The lowest BCUT2D eigenvalue weighted by Crippen LogP contribution is -2.48. The molecule has 3 amide bonds. The van der Waals surface area contributed by atoms with Crippen molar-refractivity contribution in [2.45, 2.75) is 64.5 Å². The molecule has 30 heavy (non-hydrogen) atoms. The third-order valence-electron chi connectivity index (χ3n) is 6.16. The largest absolute Gasteiger partial charge is 0.326 e. The van der Waals surface area contributed by atoms with Crippen LogP contribution in [0.1, 0.15) is 58.6 Å². The van der Waals surface area contributed by atoms with Crippen LogP contribution in [-0.2, 0) is 25.6 Å². The van der Waals surface area contributed by atoms with Gasteiger partial charge in [0.25, 0.3) is 5.91 Å². The Balaban J connectivity index is 1.81. The number of rotatable bonds is 6. The van der Waals surface area contributed by atoms with Crippen LogP contribution >= 0.6 is 0 Å². The van der Waals surface area contributed by atoms with Crippen molar-refractivity contribution in [2.24, 2.45) is 0 Å². The second-order valence-electron chi connectivity index (χ2n) is 9.63. The van der Waals surface area contributed by atoms with Crippen LogP contribution in [0, 0.1) is 0 Å². The quantitative estimate of drug-likeness (QED) is 0.694. The predicted molar refractivity (Wildman–Crippen MR) is 117 cm³/mol. The highest BCUT2D eigenvalue weighted by Gasteiger charge is 2.50. The van der Waals surface area contributed by atoms with Crippen molar-refractivity contribution < 1.29 is 18.0 Å². The van der Waals surface area contributed by atoms with Crippen LogP contribution < -0.4 is 5.32 Å². The molecule has 8 heteroatoms. The van der Waals surface area contributed by atoms with E-state index in [0.717, 1.165) is 17.5 Å². The molecular weight excluding hydrogens is 402 g/mol. The Labute approximate surface area is 179 Å². The molecule has 0 aromatic heterocycles. The van der Waals surface area contributed by atoms with Crippen LogP contribution in [0.5, 0.6) is 0 Å². The van der Waals surface area contributed by atoms with Gasteiger partial charge in [-0.2, -0.15) is 0 Å². The lowest BCUT2D eigenvalue weighted by Gasteiger charge is -2.31. The summed E-state index contributed by atoms with van der Waals surface area (Å²) in [5.74, 6) is -0.0594. The van der Waals surface area contributed by atoms with Gasteiger partial charge in [-0.3, -0.25) is 9.69 Å². The second-order valence-corrected chi connectivity index (χ2v) is 11.9. The van der Waals surface area contributed by atoms with Crippen molar-refractivity contribution in [1.29, 1.82) is 0 Å². The highest BCUT2D eigenvalue weighted by molar-refractivity contribution is 7.91. The van der Waals surface area contributed by atoms with Gasteiger partial charge >= 0.3 is 6.03 Å². The van der Waals surface area contributed by atoms with E-state index in [1.807, 2.05) is 36.1 Å². The van der Waals surface area contributed by atoms with Gasteiger partial charge in [-0.25, -0.2) is 18.1 Å². The third-order valence-corrected chi connectivity index (χ3v) is 7.91. The van der Waals surface area contributed by atoms with Crippen molar-refractivity contribution in [3.05, 3.63) is 35.4 Å². The summed E-state index contributed by atoms with van der Waals surface area (Å²) in [5, 5.41) is 2.85. The number of hydrogen-bond donors (Lipinski definition) is 1. The van der Waals surface area contributed by atoms with Crippen LogP contribution in [0.4, 0.5) is 4.79 Å². The first kappa shape index (κ1) is 22.7. The van der Waals surface area contributed by atoms with Crippen LogP contribution in [0.2, 0.25) is 0 Å². The Morgan fingerprint density at radius 3 is 2.33 bits per heavy atom. The zero-order chi connectivity index (χ0) is 22.3. The normalized spacial score (nSPS) is 26.5. The van der Waals surface area contributed by atoms with Crippen molar-refractivity contribution in [1.82, 2.24) is 15.1 Å². The molecule has 1 aromatic carbocycles. The van der Waals surface area contributed by atoms with Gasteiger partial charge in [-0.1, -0.05) is 52.0 Å². The van der Waals surface area contributed by atoms with E-state index in [1.165, 1.54) is 4.90 Å². The summed E-state index contributed by atoms with van der Waals surface area (Å²) >= 11 is 0. The molecule has 2 unspecified atom stereocenters. The summed E-state index contributed by atoms with van der Waals surface area (Å²) < 4.78 is 23.8. The van der Waals surface area contributed by atoms with Crippen molar-refractivity contribution >= 4 is 21.8 Å². The maximum Gasteiger partial charge on any atom is 0.326 e. The molecule has 0 aliphatic carbocycles. The molecule has 2 heterocycles. The Morgan fingerprint density at radius 1 is 1.20 bits per heavy atom. The maximum absolute atomic E-state index is 13.3. The molecule has 7 nitrogen and oxygen atoms in total. The van der Waals surface area contributed by atoms with Gasteiger partial charge in [0.05, 0.1) is 18.2 Å². The molecule has 2 aliphatic heterocycles. The van der Waals surface area contributed by atoms with Gasteiger partial charge < -0.3 is 5.32 Å². The molecule has 0 spiro atoms. The number of urea groups is 1. The molecule has 1 aromatic rings. The number of carbonyl (C=O) groups is 2. The third kappa shape index (κ3) is 4.39. The fourth-order valence-electron chi connectivity index (χ4n) is 4.23. The molecule has 1 N–H and O–H groups in total. The smallest absolute Gasteiger partial charge is 0.319 e. The molecule has 2 saturated heterocycles. The predicted octanol–water partition coefficient (Wildman–Crippen LogP) is 2.61. The number of nitrogens with zero attached hydrogens (tertiary/aromatic N) is 2. The van der Waals surface area contributed by atoms with E-state index in [-0.39, 0.29) is 35.5 Å². The Morgan fingerprint density at radius 2 is 1.83 bits per heavy atom. The number of imide groups is 1. The van der Waals surface area contributed by atoms with Gasteiger partial charge in [-0.15, -0.1) is 0 Å². The van der Waals surface area contributed by atoms with E-state index in [2.05, 4.69) is 26.1 Å². The van der Waals surface area contributed by atoms with E-state index in [1.54, 1.807) is 6.92 Å². The maximum atomic E-state index is 13.3. The van der Waals surface area contributed by atoms with E-state index in [9.17, 15) is 18.0 Å². The standard InChI is InChI=1S/C22H33N3O4S/c1-6-12-24(18-11-13-30(28,29)14-18)15-25-19(26)22(5,23-20(25)27)17-9-7-16(8-10-17)21(2,3)4/h7-10,18H,6,11-15H2,1-5H3,(H,23,27). The van der Waals surface area contributed by atoms with Gasteiger partial charge in [-0.05, 0) is 42.9 Å². The van der Waals surface area contributed by atoms with Crippen molar-refractivity contribution in [3.63, 3.8) is 0 Å². The molecule has 2 aliphatic rings. The summed E-state index contributed by atoms with van der Waals surface area (Å²) in [6.07, 6.45) is 1.35. The van der Waals surface area contributed by atoms with Crippen LogP contribution in [0.3, 0.4) is 0 Å². The minimum Gasteiger partial charge on any atom is -0.319 e. The number of nitrogens with one attached hydrogen (secondary N) is 1. The van der Waals surface area contributed by atoms with Crippen molar-refractivity contribution in [3.8, 4) is 0 Å². The monoisotopic (exact) mass is 435 g/mol. The summed E-state index contributed by atoms with van der Waals surface area (Å²) in [6, 6.07) is 7.19. The van der Waals surface area contributed by atoms with E-state index in [0.29, 0.717) is 13.0 Å². The number of hydrogen-bond acceptors (Lipinski definition) is 5. The fourth-order valence-corrected chi connectivity index (χ4v) is 5.99. The Bertz CT molecular complexity index is 921. The second kappa shape index (κ2) is 7.96. The van der Waals surface area contributed by atoms with Crippen LogP contribution in [0.15, 0.2) is 24.3 Å². The summed E-state index contributed by atoms with van der Waals surface area (Å²) in [5.41, 5.74) is 0.756. The average molecular weight is 436 g/mol. The minimum atomic E-state index is -3.05. The number of carbonyl (C=O) groups excluding carboxylic acids is 2.